The van der Waals surface area contributed by atoms with Gasteiger partial charge in [-0.1, -0.05) is 26.7 Å². The van der Waals surface area contributed by atoms with Crippen LogP contribution in [0.4, 0.5) is 0 Å². The molecule has 0 aromatic rings. The third kappa shape index (κ3) is 7.27. The smallest absolute Gasteiger partial charge is 0.239 e. The maximum Gasteiger partial charge on any atom is 0.239 e. The van der Waals surface area contributed by atoms with Crippen molar-refractivity contribution in [2.45, 2.75) is 58.4 Å². The second-order valence-corrected chi connectivity index (χ2v) is 4.64. The van der Waals surface area contributed by atoms with E-state index in [1.807, 2.05) is 4.90 Å². The first-order valence-electron chi connectivity index (χ1n) is 6.85. The molecule has 1 atom stereocenters. The molecule has 0 radical (unpaired) electrons. The Bertz CT molecular complexity index is 249. The molecule has 0 aliphatic rings. The van der Waals surface area contributed by atoms with Crippen LogP contribution in [0.3, 0.4) is 0 Å². The fourth-order valence-corrected chi connectivity index (χ4v) is 1.69. The average Bonchev–Trinajstić information content (AvgIpc) is 2.35. The Morgan fingerprint density at radius 1 is 1.11 bits per heavy atom. The van der Waals surface area contributed by atoms with Crippen LogP contribution in [0, 0.1) is 0 Å². The van der Waals surface area contributed by atoms with Crippen molar-refractivity contribution < 1.29 is 9.59 Å². The quantitative estimate of drug-likeness (QED) is 0.612. The first-order chi connectivity index (χ1) is 8.52. The van der Waals surface area contributed by atoms with Crippen LogP contribution in [0.5, 0.6) is 0 Å². The Hall–Kier alpha value is -1.10. The summed E-state index contributed by atoms with van der Waals surface area (Å²) in [5, 5.41) is 0. The second kappa shape index (κ2) is 9.88. The lowest BCUT2D eigenvalue weighted by atomic mass is 10.1. The summed E-state index contributed by atoms with van der Waals surface area (Å²) in [6.07, 6.45) is 4.57. The van der Waals surface area contributed by atoms with Gasteiger partial charge in [-0.3, -0.25) is 9.59 Å². The number of unbranched alkanes of at least 4 members (excludes halogenated alkanes) is 2. The number of hydrogen-bond donors (Lipinski definition) is 2. The molecule has 106 valence electrons. The largest absolute Gasteiger partial charge is 0.370 e. The van der Waals surface area contributed by atoms with Gasteiger partial charge >= 0.3 is 0 Å². The molecule has 0 saturated carbocycles. The summed E-state index contributed by atoms with van der Waals surface area (Å²) in [4.78, 5) is 24.6. The highest BCUT2D eigenvalue weighted by Gasteiger charge is 2.20. The fraction of sp³-hybridized carbons (Fsp3) is 0.846. The van der Waals surface area contributed by atoms with Crippen LogP contribution in [0.2, 0.25) is 0 Å². The first-order valence-corrected chi connectivity index (χ1v) is 6.85. The highest BCUT2D eigenvalue weighted by atomic mass is 16.2. The summed E-state index contributed by atoms with van der Waals surface area (Å²) in [5.74, 6) is -0.468. The van der Waals surface area contributed by atoms with Crippen LogP contribution < -0.4 is 11.5 Å². The molecule has 4 N–H and O–H groups in total. The van der Waals surface area contributed by atoms with Gasteiger partial charge in [-0.25, -0.2) is 0 Å². The predicted octanol–water partition coefficient (Wildman–Crippen LogP) is 1.01. The van der Waals surface area contributed by atoms with E-state index in [9.17, 15) is 9.59 Å². The third-order valence-corrected chi connectivity index (χ3v) is 2.89. The van der Waals surface area contributed by atoms with E-state index in [0.717, 1.165) is 38.8 Å². The molecule has 0 bridgehead atoms. The minimum atomic E-state index is -0.605. The maximum absolute atomic E-state index is 12.1. The van der Waals surface area contributed by atoms with E-state index in [4.69, 9.17) is 11.5 Å². The zero-order chi connectivity index (χ0) is 14.0. The molecule has 0 aromatic carbocycles. The van der Waals surface area contributed by atoms with Crippen LogP contribution in [0.25, 0.3) is 0 Å². The molecule has 2 amide bonds. The zero-order valence-corrected chi connectivity index (χ0v) is 11.7. The molecule has 0 aliphatic heterocycles. The molecule has 18 heavy (non-hydrogen) atoms. The maximum atomic E-state index is 12.1. The van der Waals surface area contributed by atoms with Crippen molar-refractivity contribution >= 4 is 11.8 Å². The Morgan fingerprint density at radius 3 is 2.00 bits per heavy atom. The molecule has 0 aliphatic carbocycles. The fourth-order valence-electron chi connectivity index (χ4n) is 1.69. The number of nitrogens with zero attached hydrogens (tertiary/aromatic N) is 1. The standard InChI is InChI=1S/C13H27N3O2/c1-3-5-9-16(10-6-4-2)13(18)11(14)7-8-12(15)17/h11H,3-10,14H2,1-2H3,(H2,15,17)/t11-/m0/s1. The molecule has 0 spiro atoms. The first kappa shape index (κ1) is 16.9. The van der Waals surface area contributed by atoms with Crippen molar-refractivity contribution in [3.8, 4) is 0 Å². The number of carbonyl (C=O) groups is 2. The average molecular weight is 257 g/mol. The normalized spacial score (nSPS) is 12.2. The van der Waals surface area contributed by atoms with Crippen molar-refractivity contribution in [3.63, 3.8) is 0 Å². The molecule has 0 rings (SSSR count). The van der Waals surface area contributed by atoms with Crippen molar-refractivity contribution in [2.24, 2.45) is 11.5 Å². The van der Waals surface area contributed by atoms with Crippen LogP contribution in [0.1, 0.15) is 52.4 Å². The van der Waals surface area contributed by atoms with E-state index >= 15 is 0 Å². The Kier molecular flexibility index (Phi) is 9.28. The highest BCUT2D eigenvalue weighted by Crippen LogP contribution is 2.05. The third-order valence-electron chi connectivity index (χ3n) is 2.89. The number of rotatable bonds is 10. The molecule has 0 unspecified atom stereocenters. The van der Waals surface area contributed by atoms with Gasteiger partial charge in [-0.15, -0.1) is 0 Å². The van der Waals surface area contributed by atoms with Gasteiger partial charge in [-0.2, -0.15) is 0 Å². The minimum Gasteiger partial charge on any atom is -0.370 e. The molecule has 0 heterocycles. The van der Waals surface area contributed by atoms with Crippen LogP contribution in [0.15, 0.2) is 0 Å². The lowest BCUT2D eigenvalue weighted by Gasteiger charge is -2.25. The van der Waals surface area contributed by atoms with Gasteiger partial charge in [0.15, 0.2) is 0 Å². The van der Waals surface area contributed by atoms with E-state index < -0.39 is 11.9 Å². The Morgan fingerprint density at radius 2 is 1.61 bits per heavy atom. The summed E-state index contributed by atoms with van der Waals surface area (Å²) in [5.41, 5.74) is 10.9. The van der Waals surface area contributed by atoms with Crippen LogP contribution in [-0.2, 0) is 9.59 Å². The molecular formula is C13H27N3O2. The van der Waals surface area contributed by atoms with Crippen molar-refractivity contribution in [1.29, 1.82) is 0 Å². The van der Waals surface area contributed by atoms with Crippen molar-refractivity contribution in [2.75, 3.05) is 13.1 Å². The summed E-state index contributed by atoms with van der Waals surface area (Å²) >= 11 is 0. The monoisotopic (exact) mass is 257 g/mol. The van der Waals surface area contributed by atoms with E-state index in [-0.39, 0.29) is 12.3 Å². The Balaban J connectivity index is 4.27. The minimum absolute atomic E-state index is 0.0573. The lowest BCUT2D eigenvalue weighted by molar-refractivity contribution is -0.133. The van der Waals surface area contributed by atoms with Crippen LogP contribution >= 0.6 is 0 Å². The topological polar surface area (TPSA) is 89.4 Å². The number of carbonyl (C=O) groups excluding carboxylic acids is 2. The van der Waals surface area contributed by atoms with E-state index in [1.165, 1.54) is 0 Å². The van der Waals surface area contributed by atoms with Gasteiger partial charge < -0.3 is 16.4 Å². The number of primary amides is 1. The van der Waals surface area contributed by atoms with Crippen molar-refractivity contribution in [1.82, 2.24) is 4.90 Å². The molecule has 5 heteroatoms. The van der Waals surface area contributed by atoms with Crippen molar-refractivity contribution in [3.05, 3.63) is 0 Å². The van der Waals surface area contributed by atoms with Gasteiger partial charge in [-0.05, 0) is 19.3 Å². The van der Waals surface area contributed by atoms with E-state index in [2.05, 4.69) is 13.8 Å². The zero-order valence-electron chi connectivity index (χ0n) is 11.7. The lowest BCUT2D eigenvalue weighted by Crippen LogP contribution is -2.45. The Labute approximate surface area is 110 Å². The summed E-state index contributed by atoms with van der Waals surface area (Å²) in [7, 11) is 0. The van der Waals surface area contributed by atoms with Gasteiger partial charge in [0.25, 0.3) is 0 Å². The highest BCUT2D eigenvalue weighted by molar-refractivity contribution is 5.82. The van der Waals surface area contributed by atoms with E-state index in [0.29, 0.717) is 6.42 Å². The van der Waals surface area contributed by atoms with Gasteiger partial charge in [0.2, 0.25) is 11.8 Å². The number of nitrogens with two attached hydrogens (primary N) is 2. The number of amides is 2. The van der Waals surface area contributed by atoms with Gasteiger partial charge in [0.1, 0.15) is 0 Å². The molecule has 0 saturated heterocycles. The second-order valence-electron chi connectivity index (χ2n) is 4.64. The van der Waals surface area contributed by atoms with Gasteiger partial charge in [0, 0.05) is 19.5 Å². The molecule has 5 nitrogen and oxygen atoms in total. The summed E-state index contributed by atoms with van der Waals surface area (Å²) in [6, 6.07) is -0.605. The summed E-state index contributed by atoms with van der Waals surface area (Å²) in [6.45, 7) is 5.68. The number of hydrogen-bond acceptors (Lipinski definition) is 3. The molecule has 0 aromatic heterocycles. The van der Waals surface area contributed by atoms with Gasteiger partial charge in [0.05, 0.1) is 6.04 Å². The SMILES string of the molecule is CCCCN(CCCC)C(=O)[C@@H](N)CCC(N)=O. The predicted molar refractivity (Wildman–Crippen MR) is 72.8 cm³/mol. The molecule has 0 fully saturated rings. The van der Waals surface area contributed by atoms with Crippen LogP contribution in [-0.4, -0.2) is 35.8 Å². The summed E-state index contributed by atoms with van der Waals surface area (Å²) < 4.78 is 0. The van der Waals surface area contributed by atoms with E-state index in [1.54, 1.807) is 0 Å². The molecular weight excluding hydrogens is 230 g/mol.